The number of aliphatic hydroxyl groups excluding tert-OH is 1. The fraction of sp³-hybridized carbons (Fsp3) is 0.462. The van der Waals surface area contributed by atoms with Crippen LogP contribution in [0, 0.1) is 0 Å². The molecule has 0 spiro atoms. The fourth-order valence-corrected chi connectivity index (χ4v) is 2.71. The van der Waals surface area contributed by atoms with Crippen molar-refractivity contribution in [1.82, 2.24) is 10.2 Å². The Morgan fingerprint density at radius 3 is 2.70 bits per heavy atom. The van der Waals surface area contributed by atoms with E-state index in [4.69, 9.17) is 11.6 Å². The van der Waals surface area contributed by atoms with Crippen LogP contribution in [0.3, 0.4) is 0 Å². The average Bonchev–Trinajstić information content (AvgIpc) is 2.39. The molecule has 1 atom stereocenters. The summed E-state index contributed by atoms with van der Waals surface area (Å²) >= 11 is 7.53. The minimum atomic E-state index is -0.319. The monoisotopic (exact) mass is 335 g/mol. The van der Waals surface area contributed by atoms with E-state index in [1.807, 2.05) is 24.3 Å². The standard InChI is InChI=1S/C13H18ClN3OS.ClH/c1-10(18)6-17-8-15-13(16-9-17)19-7-11-2-4-12(14)5-3-11;/h2-5,10,18H,6-9H2,1H3,(H,15,16);1H. The maximum atomic E-state index is 9.31. The Hall–Kier alpha value is -0.460. The first-order valence-corrected chi connectivity index (χ1v) is 7.56. The molecule has 1 aromatic carbocycles. The highest BCUT2D eigenvalue weighted by Crippen LogP contribution is 2.17. The fourth-order valence-electron chi connectivity index (χ4n) is 1.77. The van der Waals surface area contributed by atoms with Gasteiger partial charge in [0.1, 0.15) is 0 Å². The number of aliphatic imine (C=N–C) groups is 1. The molecule has 0 amide bonds. The van der Waals surface area contributed by atoms with Crippen molar-refractivity contribution in [2.45, 2.75) is 18.8 Å². The van der Waals surface area contributed by atoms with Crippen molar-refractivity contribution in [2.75, 3.05) is 19.9 Å². The highest BCUT2D eigenvalue weighted by atomic mass is 35.5. The number of aliphatic hydroxyl groups is 1. The summed E-state index contributed by atoms with van der Waals surface area (Å²) in [7, 11) is 0. The van der Waals surface area contributed by atoms with Crippen molar-refractivity contribution in [3.05, 3.63) is 34.9 Å². The topological polar surface area (TPSA) is 47.9 Å². The Morgan fingerprint density at radius 2 is 2.15 bits per heavy atom. The van der Waals surface area contributed by atoms with Crippen LogP contribution in [-0.4, -0.2) is 41.2 Å². The van der Waals surface area contributed by atoms with Gasteiger partial charge in [0, 0.05) is 17.3 Å². The van der Waals surface area contributed by atoms with Gasteiger partial charge < -0.3 is 10.4 Å². The number of hydrogen-bond donors (Lipinski definition) is 2. The first kappa shape index (κ1) is 17.6. The molecule has 20 heavy (non-hydrogen) atoms. The van der Waals surface area contributed by atoms with Crippen LogP contribution in [0.2, 0.25) is 5.02 Å². The van der Waals surface area contributed by atoms with Crippen LogP contribution in [0.1, 0.15) is 12.5 Å². The van der Waals surface area contributed by atoms with E-state index in [2.05, 4.69) is 15.2 Å². The lowest BCUT2D eigenvalue weighted by Gasteiger charge is -2.27. The Labute approximate surface area is 135 Å². The van der Waals surface area contributed by atoms with E-state index >= 15 is 0 Å². The molecule has 0 fully saturated rings. The maximum absolute atomic E-state index is 9.31. The highest BCUT2D eigenvalue weighted by Gasteiger charge is 2.13. The van der Waals surface area contributed by atoms with Crippen LogP contribution in [0.5, 0.6) is 0 Å². The predicted molar refractivity (Wildman–Crippen MR) is 88.7 cm³/mol. The minimum absolute atomic E-state index is 0. The zero-order chi connectivity index (χ0) is 13.7. The molecule has 1 aliphatic heterocycles. The molecular weight excluding hydrogens is 317 g/mol. The van der Waals surface area contributed by atoms with E-state index in [1.54, 1.807) is 18.7 Å². The molecule has 7 heteroatoms. The molecule has 4 nitrogen and oxygen atoms in total. The van der Waals surface area contributed by atoms with Gasteiger partial charge in [-0.05, 0) is 24.6 Å². The van der Waals surface area contributed by atoms with Crippen molar-refractivity contribution in [2.24, 2.45) is 4.99 Å². The molecule has 0 saturated heterocycles. The third-order valence-electron chi connectivity index (χ3n) is 2.68. The number of hydrogen-bond acceptors (Lipinski definition) is 5. The lowest BCUT2D eigenvalue weighted by molar-refractivity contribution is 0.124. The van der Waals surface area contributed by atoms with Crippen LogP contribution >= 0.6 is 35.8 Å². The van der Waals surface area contributed by atoms with Gasteiger partial charge in [-0.2, -0.15) is 0 Å². The van der Waals surface area contributed by atoms with Crippen LogP contribution in [0.4, 0.5) is 0 Å². The molecule has 2 rings (SSSR count). The van der Waals surface area contributed by atoms with Gasteiger partial charge in [-0.3, -0.25) is 4.90 Å². The molecular formula is C13H19Cl2N3OS. The summed E-state index contributed by atoms with van der Waals surface area (Å²) in [6.07, 6.45) is -0.319. The Kier molecular flexibility index (Phi) is 7.69. The number of thioether (sulfide) groups is 1. The summed E-state index contributed by atoms with van der Waals surface area (Å²) < 4.78 is 0. The second kappa shape index (κ2) is 8.74. The smallest absolute Gasteiger partial charge is 0.159 e. The minimum Gasteiger partial charge on any atom is -0.392 e. The Morgan fingerprint density at radius 1 is 1.45 bits per heavy atom. The third kappa shape index (κ3) is 5.89. The molecule has 1 unspecified atom stereocenters. The number of β-amino-alcohol motifs (C(OH)–C–C–N with tert-alkyl or cyclic N) is 1. The van der Waals surface area contributed by atoms with Gasteiger partial charge >= 0.3 is 0 Å². The Bertz CT molecular complexity index is 440. The van der Waals surface area contributed by atoms with E-state index in [9.17, 15) is 5.11 Å². The molecule has 2 N–H and O–H groups in total. The first-order chi connectivity index (χ1) is 9.13. The van der Waals surface area contributed by atoms with Gasteiger partial charge in [0.25, 0.3) is 0 Å². The largest absolute Gasteiger partial charge is 0.392 e. The van der Waals surface area contributed by atoms with Crippen molar-refractivity contribution in [3.8, 4) is 0 Å². The van der Waals surface area contributed by atoms with Gasteiger partial charge in [-0.1, -0.05) is 35.5 Å². The van der Waals surface area contributed by atoms with Crippen LogP contribution < -0.4 is 5.32 Å². The van der Waals surface area contributed by atoms with Crippen molar-refractivity contribution in [3.63, 3.8) is 0 Å². The summed E-state index contributed by atoms with van der Waals surface area (Å²) in [6, 6.07) is 7.85. The summed E-state index contributed by atoms with van der Waals surface area (Å²) in [5.41, 5.74) is 1.23. The first-order valence-electron chi connectivity index (χ1n) is 6.19. The molecule has 112 valence electrons. The summed E-state index contributed by atoms with van der Waals surface area (Å²) in [6.45, 7) is 3.80. The lowest BCUT2D eigenvalue weighted by Crippen LogP contribution is -2.44. The number of benzene rings is 1. The van der Waals surface area contributed by atoms with E-state index in [1.165, 1.54) is 5.56 Å². The number of amidine groups is 1. The number of rotatable bonds is 4. The second-order valence-electron chi connectivity index (χ2n) is 4.56. The normalized spacial score (nSPS) is 16.9. The van der Waals surface area contributed by atoms with Crippen molar-refractivity contribution < 1.29 is 5.11 Å². The quantitative estimate of drug-likeness (QED) is 0.887. The molecule has 0 aliphatic carbocycles. The van der Waals surface area contributed by atoms with Crippen LogP contribution in [0.25, 0.3) is 0 Å². The molecule has 0 bridgehead atoms. The highest BCUT2D eigenvalue weighted by molar-refractivity contribution is 8.13. The van der Waals surface area contributed by atoms with Crippen molar-refractivity contribution >= 4 is 40.9 Å². The predicted octanol–water partition coefficient (Wildman–Crippen LogP) is 2.55. The van der Waals surface area contributed by atoms with E-state index in [-0.39, 0.29) is 18.5 Å². The number of nitrogens with one attached hydrogen (secondary N) is 1. The number of nitrogens with zero attached hydrogens (tertiary/aromatic N) is 2. The van der Waals surface area contributed by atoms with E-state index in [0.717, 1.165) is 22.6 Å². The third-order valence-corrected chi connectivity index (χ3v) is 3.96. The van der Waals surface area contributed by atoms with Crippen LogP contribution in [-0.2, 0) is 5.75 Å². The molecule has 1 heterocycles. The van der Waals surface area contributed by atoms with Gasteiger partial charge in [0.2, 0.25) is 0 Å². The molecule has 1 aromatic rings. The molecule has 0 saturated carbocycles. The summed E-state index contributed by atoms with van der Waals surface area (Å²) in [5, 5.41) is 14.3. The maximum Gasteiger partial charge on any atom is 0.159 e. The van der Waals surface area contributed by atoms with Gasteiger partial charge in [0.15, 0.2) is 5.17 Å². The van der Waals surface area contributed by atoms with Gasteiger partial charge in [-0.15, -0.1) is 12.4 Å². The zero-order valence-corrected chi connectivity index (χ0v) is 13.6. The molecule has 0 aromatic heterocycles. The lowest BCUT2D eigenvalue weighted by atomic mass is 10.2. The average molecular weight is 336 g/mol. The van der Waals surface area contributed by atoms with Crippen molar-refractivity contribution in [1.29, 1.82) is 0 Å². The zero-order valence-electron chi connectivity index (χ0n) is 11.3. The van der Waals surface area contributed by atoms with Gasteiger partial charge in [-0.25, -0.2) is 4.99 Å². The summed E-state index contributed by atoms with van der Waals surface area (Å²) in [5.74, 6) is 0.874. The Balaban J connectivity index is 0.00000200. The van der Waals surface area contributed by atoms with Crippen LogP contribution in [0.15, 0.2) is 29.3 Å². The second-order valence-corrected chi connectivity index (χ2v) is 5.96. The van der Waals surface area contributed by atoms with E-state index < -0.39 is 0 Å². The summed E-state index contributed by atoms with van der Waals surface area (Å²) in [4.78, 5) is 6.52. The molecule has 1 aliphatic rings. The number of halogens is 2. The molecule has 0 radical (unpaired) electrons. The van der Waals surface area contributed by atoms with E-state index in [0.29, 0.717) is 13.2 Å². The SMILES string of the molecule is CC(O)CN1CN=C(SCc2ccc(Cl)cc2)NC1.Cl. The van der Waals surface area contributed by atoms with Gasteiger partial charge in [0.05, 0.1) is 19.4 Å².